The first kappa shape index (κ1) is 26.2. The fourth-order valence-corrected chi connectivity index (χ4v) is 5.03. The van der Waals surface area contributed by atoms with Crippen LogP contribution in [0.1, 0.15) is 29.6 Å². The van der Waals surface area contributed by atoms with Crippen molar-refractivity contribution in [1.82, 2.24) is 24.6 Å². The summed E-state index contributed by atoms with van der Waals surface area (Å²) in [6.07, 6.45) is 0.848. The van der Waals surface area contributed by atoms with Crippen LogP contribution in [-0.4, -0.2) is 51.2 Å². The lowest BCUT2D eigenvalue weighted by Gasteiger charge is -2.15. The second-order valence-electron chi connectivity index (χ2n) is 8.69. The van der Waals surface area contributed by atoms with Crippen LogP contribution in [0.4, 0.5) is 5.69 Å². The van der Waals surface area contributed by atoms with Crippen molar-refractivity contribution < 1.29 is 4.79 Å². The zero-order valence-corrected chi connectivity index (χ0v) is 22.5. The predicted molar refractivity (Wildman–Crippen MR) is 144 cm³/mol. The number of anilines is 1. The van der Waals surface area contributed by atoms with Gasteiger partial charge in [0.2, 0.25) is 5.91 Å². The Kier molecular flexibility index (Phi) is 7.70. The third-order valence-electron chi connectivity index (χ3n) is 5.75. The molecule has 0 aliphatic carbocycles. The van der Waals surface area contributed by atoms with E-state index in [-0.39, 0.29) is 12.5 Å². The van der Waals surface area contributed by atoms with E-state index in [9.17, 15) is 9.59 Å². The number of aryl methyl sites for hydroxylation is 1. The number of fused-ring (bicyclic) bond motifs is 1. The highest BCUT2D eigenvalue weighted by molar-refractivity contribution is 6.40. The monoisotopic (exact) mass is 546 g/mol. The van der Waals surface area contributed by atoms with Crippen LogP contribution in [0.25, 0.3) is 17.1 Å². The van der Waals surface area contributed by atoms with E-state index in [0.717, 1.165) is 11.1 Å². The van der Waals surface area contributed by atoms with Gasteiger partial charge in [-0.25, -0.2) is 9.67 Å². The number of hydrogen-bond acceptors (Lipinski definition) is 5. The van der Waals surface area contributed by atoms with Crippen LogP contribution in [0, 0.1) is 6.92 Å². The Balaban J connectivity index is 1.78. The Hall–Kier alpha value is -2.91. The maximum atomic E-state index is 13.1. The van der Waals surface area contributed by atoms with Crippen molar-refractivity contribution in [2.75, 3.05) is 26.0 Å². The molecule has 0 saturated carbocycles. The second kappa shape index (κ2) is 10.6. The topological polar surface area (TPSA) is 95.9 Å². The molecule has 4 rings (SSSR count). The van der Waals surface area contributed by atoms with Gasteiger partial charge < -0.3 is 10.2 Å². The molecule has 2 aliphatic rings. The smallest absolute Gasteiger partial charge is 0.284 e. The van der Waals surface area contributed by atoms with Crippen LogP contribution in [0.5, 0.6) is 0 Å². The molecule has 2 N–H and O–H groups in total. The SMILES string of the molecule is CCc1[nH]n(-c2c(Cl)cc(Cl)cc2Cl)c2nc(Cc3cccc(NC(=O)CN(C)C)c3C)nc(=O)c1-2. The number of carbonyl (C=O) groups excluding carboxylic acids is 1. The van der Waals surface area contributed by atoms with E-state index in [4.69, 9.17) is 39.8 Å². The highest BCUT2D eigenvalue weighted by atomic mass is 35.5. The van der Waals surface area contributed by atoms with Gasteiger partial charge in [-0.1, -0.05) is 53.9 Å². The third-order valence-corrected chi connectivity index (χ3v) is 6.55. The summed E-state index contributed by atoms with van der Waals surface area (Å²) < 4.78 is 1.60. The number of benzene rings is 2. The van der Waals surface area contributed by atoms with Gasteiger partial charge in [0.15, 0.2) is 5.82 Å². The average molecular weight is 548 g/mol. The fourth-order valence-electron chi connectivity index (χ4n) is 4.04. The molecule has 0 bridgehead atoms. The zero-order chi connectivity index (χ0) is 26.1. The Morgan fingerprint density at radius 1 is 1.14 bits per heavy atom. The van der Waals surface area contributed by atoms with Gasteiger partial charge >= 0.3 is 0 Å². The lowest BCUT2D eigenvalue weighted by Crippen LogP contribution is -2.27. The van der Waals surface area contributed by atoms with Gasteiger partial charge in [0, 0.05) is 22.8 Å². The molecule has 0 fully saturated rings. The van der Waals surface area contributed by atoms with Crippen LogP contribution in [-0.2, 0) is 17.6 Å². The first-order valence-electron chi connectivity index (χ1n) is 11.3. The van der Waals surface area contributed by atoms with Gasteiger partial charge in [-0.05, 0) is 56.8 Å². The molecule has 36 heavy (non-hydrogen) atoms. The summed E-state index contributed by atoms with van der Waals surface area (Å²) in [6, 6.07) is 8.77. The zero-order valence-electron chi connectivity index (χ0n) is 20.2. The largest absolute Gasteiger partial charge is 0.325 e. The van der Waals surface area contributed by atoms with Crippen LogP contribution in [0.2, 0.25) is 15.1 Å². The maximum Gasteiger partial charge on any atom is 0.284 e. The van der Waals surface area contributed by atoms with Gasteiger partial charge in [-0.3, -0.25) is 14.7 Å². The Morgan fingerprint density at radius 3 is 2.47 bits per heavy atom. The first-order valence-corrected chi connectivity index (χ1v) is 12.4. The van der Waals surface area contributed by atoms with E-state index in [0.29, 0.717) is 62.2 Å². The number of nitrogens with one attached hydrogen (secondary N) is 2. The van der Waals surface area contributed by atoms with E-state index in [2.05, 4.69) is 15.4 Å². The standard InChI is InChI=1S/C25H25Cl3N6O2/c1-5-18-22-24(34(32-18)23-16(27)10-15(26)11-17(23)28)30-20(31-25(22)36)9-14-7-6-8-19(13(14)2)29-21(35)12-33(3)4/h6-8,10-11,32H,5,9,12H2,1-4H3,(H,29,35). The summed E-state index contributed by atoms with van der Waals surface area (Å²) in [5.41, 5.74) is 3.56. The van der Waals surface area contributed by atoms with Crippen molar-refractivity contribution in [1.29, 1.82) is 0 Å². The summed E-state index contributed by atoms with van der Waals surface area (Å²) in [6.45, 7) is 4.11. The highest BCUT2D eigenvalue weighted by Gasteiger charge is 2.25. The summed E-state index contributed by atoms with van der Waals surface area (Å²) in [4.78, 5) is 36.1. The lowest BCUT2D eigenvalue weighted by molar-refractivity contribution is -0.116. The molecule has 188 valence electrons. The first-order chi connectivity index (χ1) is 17.1. The molecule has 2 heterocycles. The number of aromatic nitrogens is 4. The minimum Gasteiger partial charge on any atom is -0.325 e. The van der Waals surface area contributed by atoms with Crippen LogP contribution in [0.3, 0.4) is 0 Å². The number of nitrogens with zero attached hydrogens (tertiary/aromatic N) is 4. The summed E-state index contributed by atoms with van der Waals surface area (Å²) in [5.74, 6) is 0.599. The normalized spacial score (nSPS) is 11.4. The van der Waals surface area contributed by atoms with Gasteiger partial charge in [0.1, 0.15) is 17.1 Å². The number of carbonyl (C=O) groups is 1. The molecule has 1 amide bonds. The Morgan fingerprint density at radius 2 is 1.83 bits per heavy atom. The van der Waals surface area contributed by atoms with Crippen LogP contribution >= 0.6 is 34.8 Å². The number of hydrogen-bond donors (Lipinski definition) is 2. The highest BCUT2D eigenvalue weighted by Crippen LogP contribution is 2.35. The Bertz CT molecular complexity index is 1450. The average Bonchev–Trinajstić information content (AvgIpc) is 3.14. The second-order valence-corrected chi connectivity index (χ2v) is 9.94. The molecule has 0 aromatic heterocycles. The summed E-state index contributed by atoms with van der Waals surface area (Å²) in [7, 11) is 3.66. The van der Waals surface area contributed by atoms with E-state index >= 15 is 0 Å². The molecule has 2 aromatic rings. The third kappa shape index (κ3) is 5.27. The van der Waals surface area contributed by atoms with Gasteiger partial charge in [0.25, 0.3) is 5.56 Å². The van der Waals surface area contributed by atoms with E-state index < -0.39 is 5.56 Å². The van der Waals surface area contributed by atoms with Crippen molar-refractivity contribution >= 4 is 46.4 Å². The molecule has 0 saturated heterocycles. The summed E-state index contributed by atoms with van der Waals surface area (Å²) >= 11 is 19.0. The molecule has 0 unspecified atom stereocenters. The molecule has 0 atom stereocenters. The molecule has 11 heteroatoms. The predicted octanol–water partition coefficient (Wildman–Crippen LogP) is 4.98. The number of halogens is 3. The fraction of sp³-hybridized carbons (Fsp3) is 0.280. The van der Waals surface area contributed by atoms with E-state index in [1.54, 1.807) is 21.7 Å². The number of H-pyrrole nitrogens is 1. The van der Waals surface area contributed by atoms with Crippen molar-refractivity contribution in [3.8, 4) is 17.1 Å². The minimum absolute atomic E-state index is 0.114. The number of amides is 1. The summed E-state index contributed by atoms with van der Waals surface area (Å²) in [5, 5.41) is 7.15. The van der Waals surface area contributed by atoms with Gasteiger partial charge in [0.05, 0.1) is 16.6 Å². The number of rotatable bonds is 7. The van der Waals surface area contributed by atoms with Gasteiger partial charge in [-0.2, -0.15) is 4.98 Å². The molecule has 8 nitrogen and oxygen atoms in total. The van der Waals surface area contributed by atoms with Crippen molar-refractivity contribution in [3.05, 3.63) is 78.4 Å². The maximum absolute atomic E-state index is 13.1. The van der Waals surface area contributed by atoms with E-state index in [1.807, 2.05) is 46.1 Å². The molecular formula is C25H25Cl3N6O2. The van der Waals surface area contributed by atoms with Crippen molar-refractivity contribution in [2.24, 2.45) is 0 Å². The lowest BCUT2D eigenvalue weighted by atomic mass is 10.0. The minimum atomic E-state index is -0.392. The molecule has 2 aliphatic heterocycles. The van der Waals surface area contributed by atoms with Crippen LogP contribution < -0.4 is 10.9 Å². The Labute approximate surface area is 223 Å². The number of likely N-dealkylation sites (N-methyl/N-ethyl adjacent to an activating group) is 1. The molecule has 2 aromatic carbocycles. The quantitative estimate of drug-likeness (QED) is 0.340. The van der Waals surface area contributed by atoms with Gasteiger partial charge in [-0.15, -0.1) is 0 Å². The molecule has 0 spiro atoms. The van der Waals surface area contributed by atoms with E-state index in [1.165, 1.54) is 0 Å². The number of aromatic amines is 1. The molecular weight excluding hydrogens is 523 g/mol. The van der Waals surface area contributed by atoms with Crippen molar-refractivity contribution in [2.45, 2.75) is 26.7 Å². The molecule has 0 radical (unpaired) electrons. The van der Waals surface area contributed by atoms with Crippen molar-refractivity contribution in [3.63, 3.8) is 0 Å². The van der Waals surface area contributed by atoms with Crippen LogP contribution in [0.15, 0.2) is 35.1 Å².